The van der Waals surface area contributed by atoms with Crippen molar-refractivity contribution in [3.63, 3.8) is 0 Å². The second kappa shape index (κ2) is 5.72. The highest BCUT2D eigenvalue weighted by Crippen LogP contribution is 2.19. The van der Waals surface area contributed by atoms with E-state index in [1.54, 1.807) is 0 Å². The van der Waals surface area contributed by atoms with Gasteiger partial charge in [-0.15, -0.1) is 0 Å². The summed E-state index contributed by atoms with van der Waals surface area (Å²) in [7, 11) is 0. The first-order chi connectivity index (χ1) is 6.61. The van der Waals surface area contributed by atoms with Crippen molar-refractivity contribution >= 4 is 0 Å². The number of ether oxygens (including phenoxy) is 1. The van der Waals surface area contributed by atoms with E-state index in [2.05, 4.69) is 32.6 Å². The van der Waals surface area contributed by atoms with E-state index in [1.165, 1.54) is 25.9 Å². The summed E-state index contributed by atoms with van der Waals surface area (Å²) in [6.45, 7) is 12.3. The van der Waals surface area contributed by atoms with Crippen LogP contribution in [0.15, 0.2) is 0 Å². The molecular formula is C12H25NO. The van der Waals surface area contributed by atoms with Crippen molar-refractivity contribution in [2.45, 2.75) is 52.7 Å². The Morgan fingerprint density at radius 3 is 2.57 bits per heavy atom. The maximum Gasteiger partial charge on any atom is 0.0677 e. The summed E-state index contributed by atoms with van der Waals surface area (Å²) in [5, 5.41) is 0. The van der Waals surface area contributed by atoms with Crippen LogP contribution in [0.2, 0.25) is 0 Å². The van der Waals surface area contributed by atoms with Crippen LogP contribution in [0, 0.1) is 5.92 Å². The van der Waals surface area contributed by atoms with Crippen LogP contribution < -0.4 is 0 Å². The maximum absolute atomic E-state index is 5.74. The van der Waals surface area contributed by atoms with E-state index < -0.39 is 0 Å². The van der Waals surface area contributed by atoms with Gasteiger partial charge in [0, 0.05) is 13.1 Å². The number of likely N-dealkylation sites (tertiary alicyclic amines) is 1. The minimum Gasteiger partial charge on any atom is -0.375 e. The fraction of sp³-hybridized carbons (Fsp3) is 1.00. The Balaban J connectivity index is 2.18. The second-order valence-electron chi connectivity index (χ2n) is 4.82. The van der Waals surface area contributed by atoms with Crippen LogP contribution >= 0.6 is 0 Å². The quantitative estimate of drug-likeness (QED) is 0.674. The molecule has 1 fully saturated rings. The van der Waals surface area contributed by atoms with Crippen molar-refractivity contribution in [3.8, 4) is 0 Å². The van der Waals surface area contributed by atoms with Crippen LogP contribution in [0.1, 0.15) is 40.5 Å². The predicted molar refractivity (Wildman–Crippen MR) is 60.5 cm³/mol. The normalized spacial score (nSPS) is 25.9. The minimum absolute atomic E-state index is 0.356. The molecule has 1 aliphatic heterocycles. The van der Waals surface area contributed by atoms with Gasteiger partial charge >= 0.3 is 0 Å². The highest BCUT2D eigenvalue weighted by molar-refractivity contribution is 4.76. The van der Waals surface area contributed by atoms with Gasteiger partial charge < -0.3 is 9.64 Å². The van der Waals surface area contributed by atoms with Gasteiger partial charge in [-0.25, -0.2) is 0 Å². The topological polar surface area (TPSA) is 12.5 Å². The maximum atomic E-state index is 5.74. The van der Waals surface area contributed by atoms with Crippen molar-refractivity contribution in [2.24, 2.45) is 5.92 Å². The van der Waals surface area contributed by atoms with Crippen LogP contribution in [0.3, 0.4) is 0 Å². The Morgan fingerprint density at radius 1 is 1.36 bits per heavy atom. The predicted octanol–water partition coefficient (Wildman–Crippen LogP) is 2.53. The molecule has 1 saturated heterocycles. The summed E-state index contributed by atoms with van der Waals surface area (Å²) < 4.78 is 5.74. The Kier molecular flexibility index (Phi) is 4.90. The standard InChI is InChI=1S/C12H25NO/c1-5-12-6-7-13(9-12)8-11(4)14-10(2)3/h10-12H,5-9H2,1-4H3/t11-,12+/m0/s1. The molecule has 0 spiro atoms. The van der Waals surface area contributed by atoms with Crippen LogP contribution in [0.5, 0.6) is 0 Å². The zero-order valence-electron chi connectivity index (χ0n) is 10.1. The van der Waals surface area contributed by atoms with Gasteiger partial charge in [0.2, 0.25) is 0 Å². The molecule has 2 heteroatoms. The summed E-state index contributed by atoms with van der Waals surface area (Å²) in [5.41, 5.74) is 0. The molecule has 0 N–H and O–H groups in total. The average molecular weight is 199 g/mol. The van der Waals surface area contributed by atoms with Gasteiger partial charge in [0.15, 0.2) is 0 Å². The smallest absolute Gasteiger partial charge is 0.0677 e. The van der Waals surface area contributed by atoms with Crippen molar-refractivity contribution in [2.75, 3.05) is 19.6 Å². The van der Waals surface area contributed by atoms with Crippen LogP contribution in [0.25, 0.3) is 0 Å². The molecule has 0 aromatic heterocycles. The van der Waals surface area contributed by atoms with E-state index in [1.807, 2.05) is 0 Å². The molecular weight excluding hydrogens is 174 g/mol. The summed E-state index contributed by atoms with van der Waals surface area (Å²) in [4.78, 5) is 2.54. The van der Waals surface area contributed by atoms with Gasteiger partial charge in [0.05, 0.1) is 12.2 Å². The molecule has 14 heavy (non-hydrogen) atoms. The van der Waals surface area contributed by atoms with Gasteiger partial charge in [-0.05, 0) is 39.7 Å². The van der Waals surface area contributed by atoms with E-state index in [0.717, 1.165) is 12.5 Å². The molecule has 0 radical (unpaired) electrons. The number of nitrogens with zero attached hydrogens (tertiary/aromatic N) is 1. The third kappa shape index (κ3) is 3.97. The Bertz CT molecular complexity index is 158. The van der Waals surface area contributed by atoms with Crippen molar-refractivity contribution in [3.05, 3.63) is 0 Å². The lowest BCUT2D eigenvalue weighted by molar-refractivity contribution is 0.00180. The van der Waals surface area contributed by atoms with E-state index in [4.69, 9.17) is 4.74 Å². The Morgan fingerprint density at radius 2 is 2.07 bits per heavy atom. The molecule has 0 aromatic rings. The first kappa shape index (κ1) is 12.0. The summed E-state index contributed by atoms with van der Waals surface area (Å²) in [5.74, 6) is 0.932. The largest absolute Gasteiger partial charge is 0.375 e. The first-order valence-corrected chi connectivity index (χ1v) is 5.99. The molecule has 0 aromatic carbocycles. The monoisotopic (exact) mass is 199 g/mol. The zero-order valence-corrected chi connectivity index (χ0v) is 10.1. The lowest BCUT2D eigenvalue weighted by atomic mass is 10.1. The van der Waals surface area contributed by atoms with Crippen molar-refractivity contribution in [1.82, 2.24) is 4.90 Å². The number of rotatable bonds is 5. The van der Waals surface area contributed by atoms with Crippen LogP contribution in [-0.4, -0.2) is 36.7 Å². The van der Waals surface area contributed by atoms with E-state index >= 15 is 0 Å². The average Bonchev–Trinajstić information content (AvgIpc) is 2.50. The van der Waals surface area contributed by atoms with Gasteiger partial charge in [-0.1, -0.05) is 13.3 Å². The van der Waals surface area contributed by atoms with E-state index in [0.29, 0.717) is 12.2 Å². The van der Waals surface area contributed by atoms with Crippen molar-refractivity contribution in [1.29, 1.82) is 0 Å². The highest BCUT2D eigenvalue weighted by atomic mass is 16.5. The van der Waals surface area contributed by atoms with Crippen molar-refractivity contribution < 1.29 is 4.74 Å². The molecule has 0 saturated carbocycles. The van der Waals surface area contributed by atoms with Crippen LogP contribution in [-0.2, 0) is 4.74 Å². The SMILES string of the molecule is CC[C@@H]1CCN(C[C@H](C)OC(C)C)C1. The Labute approximate surface area is 88.6 Å². The molecule has 2 nitrogen and oxygen atoms in total. The molecule has 2 atom stereocenters. The van der Waals surface area contributed by atoms with Gasteiger partial charge in [0.1, 0.15) is 0 Å². The van der Waals surface area contributed by atoms with Gasteiger partial charge in [0.25, 0.3) is 0 Å². The van der Waals surface area contributed by atoms with E-state index in [-0.39, 0.29) is 0 Å². The van der Waals surface area contributed by atoms with Gasteiger partial charge in [-0.2, -0.15) is 0 Å². The zero-order chi connectivity index (χ0) is 10.6. The third-order valence-corrected chi connectivity index (χ3v) is 2.97. The lowest BCUT2D eigenvalue weighted by Crippen LogP contribution is -2.32. The highest BCUT2D eigenvalue weighted by Gasteiger charge is 2.22. The molecule has 84 valence electrons. The fourth-order valence-electron chi connectivity index (χ4n) is 2.28. The molecule has 0 amide bonds. The summed E-state index contributed by atoms with van der Waals surface area (Å²) in [6.07, 6.45) is 3.45. The minimum atomic E-state index is 0.356. The molecule has 0 aliphatic carbocycles. The van der Waals surface area contributed by atoms with Crippen LogP contribution in [0.4, 0.5) is 0 Å². The van der Waals surface area contributed by atoms with E-state index in [9.17, 15) is 0 Å². The molecule has 1 aliphatic rings. The lowest BCUT2D eigenvalue weighted by Gasteiger charge is -2.22. The second-order valence-corrected chi connectivity index (χ2v) is 4.82. The first-order valence-electron chi connectivity index (χ1n) is 5.99. The summed E-state index contributed by atoms with van der Waals surface area (Å²) in [6, 6.07) is 0. The summed E-state index contributed by atoms with van der Waals surface area (Å²) >= 11 is 0. The third-order valence-electron chi connectivity index (χ3n) is 2.97. The molecule has 1 heterocycles. The number of hydrogen-bond donors (Lipinski definition) is 0. The Hall–Kier alpha value is -0.0800. The molecule has 0 unspecified atom stereocenters. The molecule has 1 rings (SSSR count). The number of hydrogen-bond acceptors (Lipinski definition) is 2. The van der Waals surface area contributed by atoms with Gasteiger partial charge in [-0.3, -0.25) is 0 Å². The fourth-order valence-corrected chi connectivity index (χ4v) is 2.28. The molecule has 0 bridgehead atoms.